The monoisotopic (exact) mass is 746 g/mol. The van der Waals surface area contributed by atoms with Crippen molar-refractivity contribution in [1.29, 1.82) is 0 Å². The van der Waals surface area contributed by atoms with Gasteiger partial charge in [-0.3, -0.25) is 4.79 Å². The number of rotatable bonds is 12. The molecule has 14 nitrogen and oxygen atoms in total. The SMILES string of the molecule is COc1ccc([C@@](Nc2ccc3c(N)nccc3c2)(OC(=O)C(F)(F)F)C(=O)NCc2cc(NC(=O)N(C)C)ccc2S(=O)(=O)C(C)C)cc1OC. The molecule has 0 aliphatic heterocycles. The molecule has 3 amide bonds. The number of amides is 3. The zero-order valence-electron chi connectivity index (χ0n) is 28.9. The van der Waals surface area contributed by atoms with Crippen molar-refractivity contribution in [2.24, 2.45) is 0 Å². The molecule has 0 radical (unpaired) electrons. The predicted molar refractivity (Wildman–Crippen MR) is 186 cm³/mol. The van der Waals surface area contributed by atoms with Gasteiger partial charge in [-0.1, -0.05) is 0 Å². The molecule has 0 aliphatic rings. The summed E-state index contributed by atoms with van der Waals surface area (Å²) in [5.41, 5.74) is 2.79. The number of nitrogens with one attached hydrogen (secondary N) is 3. The van der Waals surface area contributed by atoms with E-state index in [1.807, 2.05) is 0 Å². The van der Waals surface area contributed by atoms with Gasteiger partial charge in [0.15, 0.2) is 21.3 Å². The van der Waals surface area contributed by atoms with Crippen LogP contribution in [0.25, 0.3) is 10.8 Å². The molecule has 0 fully saturated rings. The maximum absolute atomic E-state index is 14.5. The van der Waals surface area contributed by atoms with Crippen LogP contribution < -0.4 is 31.2 Å². The summed E-state index contributed by atoms with van der Waals surface area (Å²) in [4.78, 5) is 44.5. The molecule has 5 N–H and O–H groups in total. The number of fused-ring (bicyclic) bond motifs is 1. The minimum Gasteiger partial charge on any atom is -0.493 e. The van der Waals surface area contributed by atoms with E-state index in [0.717, 1.165) is 6.07 Å². The number of hydrogen-bond acceptors (Lipinski definition) is 11. The average Bonchev–Trinajstić information content (AvgIpc) is 3.09. The lowest BCUT2D eigenvalue weighted by molar-refractivity contribution is -0.213. The summed E-state index contributed by atoms with van der Waals surface area (Å²) in [6.45, 7) is 2.26. The molecule has 18 heteroatoms. The van der Waals surface area contributed by atoms with Gasteiger partial charge in [0.25, 0.3) is 11.6 Å². The second-order valence-electron chi connectivity index (χ2n) is 11.8. The molecule has 1 atom stereocenters. The number of alkyl halides is 3. The summed E-state index contributed by atoms with van der Waals surface area (Å²) < 4.78 is 84.2. The molecule has 0 aliphatic carbocycles. The van der Waals surface area contributed by atoms with E-state index in [9.17, 15) is 36.0 Å². The Morgan fingerprint density at radius 3 is 2.21 bits per heavy atom. The van der Waals surface area contributed by atoms with Crippen molar-refractivity contribution in [2.75, 3.05) is 44.7 Å². The fourth-order valence-electron chi connectivity index (χ4n) is 4.99. The summed E-state index contributed by atoms with van der Waals surface area (Å²) in [5.74, 6) is -3.81. The second kappa shape index (κ2) is 15.2. The molecule has 52 heavy (non-hydrogen) atoms. The smallest absolute Gasteiger partial charge is 0.491 e. The molecular weight excluding hydrogens is 709 g/mol. The van der Waals surface area contributed by atoms with Gasteiger partial charge in [-0.2, -0.15) is 13.2 Å². The van der Waals surface area contributed by atoms with Gasteiger partial charge in [0.2, 0.25) is 0 Å². The van der Waals surface area contributed by atoms with Gasteiger partial charge in [-0.15, -0.1) is 0 Å². The maximum Gasteiger partial charge on any atom is 0.491 e. The van der Waals surface area contributed by atoms with Crippen LogP contribution >= 0.6 is 0 Å². The Bertz CT molecular complexity index is 2110. The minimum absolute atomic E-state index is 0.00878. The molecule has 0 saturated heterocycles. The fraction of sp³-hybridized carbons (Fsp3) is 0.294. The van der Waals surface area contributed by atoms with Crippen LogP contribution in [-0.4, -0.2) is 76.0 Å². The van der Waals surface area contributed by atoms with Crippen molar-refractivity contribution >= 4 is 55.7 Å². The number of carbonyl (C=O) groups is 3. The maximum atomic E-state index is 14.5. The number of methoxy groups -OCH3 is 2. The standard InChI is InChI=1S/C34H37F3N6O8S/c1-19(2)52(47,48)28-12-9-23(41-32(46)43(3)4)16-21(28)18-40-30(44)33(51-31(45)34(35,36)37,22-7-11-26(49-5)27(17-22)50-6)42-24-8-10-25-20(15-24)13-14-39-29(25)38/h7-17,19,42H,18H2,1-6H3,(H2,38,39)(H,40,44)(H,41,46)/t33-/m1/s1. The van der Waals surface area contributed by atoms with E-state index in [4.69, 9.17) is 19.9 Å². The Balaban J connectivity index is 1.92. The van der Waals surface area contributed by atoms with Crippen molar-refractivity contribution < 1.29 is 50.2 Å². The van der Waals surface area contributed by atoms with E-state index in [1.54, 1.807) is 6.07 Å². The van der Waals surface area contributed by atoms with Crippen LogP contribution in [0.1, 0.15) is 25.0 Å². The Labute approximate surface area is 297 Å². The summed E-state index contributed by atoms with van der Waals surface area (Å²) in [7, 11) is 1.53. The molecular formula is C34H37F3N6O8S. The van der Waals surface area contributed by atoms with E-state index >= 15 is 0 Å². The van der Waals surface area contributed by atoms with Gasteiger partial charge >= 0.3 is 18.2 Å². The van der Waals surface area contributed by atoms with Gasteiger partial charge in [0, 0.05) is 49.2 Å². The number of nitrogens with two attached hydrogens (primary N) is 1. The molecule has 0 saturated carbocycles. The number of benzene rings is 3. The van der Waals surface area contributed by atoms with Crippen molar-refractivity contribution in [2.45, 2.75) is 42.4 Å². The zero-order valence-corrected chi connectivity index (χ0v) is 29.7. The third-order valence-electron chi connectivity index (χ3n) is 7.79. The molecule has 1 aromatic heterocycles. The fourth-order valence-corrected chi connectivity index (χ4v) is 6.25. The van der Waals surface area contributed by atoms with Crippen molar-refractivity contribution in [1.82, 2.24) is 15.2 Å². The van der Waals surface area contributed by atoms with Crippen molar-refractivity contribution in [3.05, 3.63) is 78.0 Å². The quantitative estimate of drug-likeness (QED) is 0.115. The Morgan fingerprint density at radius 2 is 1.60 bits per heavy atom. The number of ether oxygens (including phenoxy) is 3. The van der Waals surface area contributed by atoms with Gasteiger partial charge in [-0.25, -0.2) is 23.0 Å². The molecule has 0 unspecified atom stereocenters. The molecule has 1 heterocycles. The topological polar surface area (TPSA) is 191 Å². The third kappa shape index (κ3) is 8.22. The van der Waals surface area contributed by atoms with Crippen LogP contribution in [0.5, 0.6) is 11.5 Å². The molecule has 4 rings (SSSR count). The lowest BCUT2D eigenvalue weighted by Gasteiger charge is -2.34. The molecule has 0 spiro atoms. The van der Waals surface area contributed by atoms with Gasteiger partial charge in [0.1, 0.15) is 5.82 Å². The summed E-state index contributed by atoms with van der Waals surface area (Å²) >= 11 is 0. The number of sulfone groups is 1. The number of nitrogen functional groups attached to an aromatic ring is 1. The van der Waals surface area contributed by atoms with Gasteiger partial charge < -0.3 is 40.8 Å². The highest BCUT2D eigenvalue weighted by Gasteiger charge is 2.52. The highest BCUT2D eigenvalue weighted by atomic mass is 32.2. The zero-order chi connectivity index (χ0) is 38.6. The molecule has 278 valence electrons. The Morgan fingerprint density at radius 1 is 0.923 bits per heavy atom. The van der Waals surface area contributed by atoms with Gasteiger partial charge in [0.05, 0.1) is 24.4 Å². The van der Waals surface area contributed by atoms with Crippen LogP contribution in [0.2, 0.25) is 0 Å². The average molecular weight is 747 g/mol. The number of carbonyl (C=O) groups excluding carboxylic acids is 3. The van der Waals surface area contributed by atoms with E-state index in [-0.39, 0.29) is 44.7 Å². The third-order valence-corrected chi connectivity index (χ3v) is 10.0. The highest BCUT2D eigenvalue weighted by Crippen LogP contribution is 2.38. The second-order valence-corrected chi connectivity index (χ2v) is 14.3. The van der Waals surface area contributed by atoms with E-state index in [1.165, 1.54) is 102 Å². The predicted octanol–water partition coefficient (Wildman–Crippen LogP) is 4.80. The van der Waals surface area contributed by atoms with Crippen LogP contribution in [-0.2, 0) is 36.4 Å². The van der Waals surface area contributed by atoms with Crippen LogP contribution in [0.3, 0.4) is 0 Å². The first kappa shape index (κ1) is 39.0. The Kier molecular flexibility index (Phi) is 11.4. The van der Waals surface area contributed by atoms with Crippen molar-refractivity contribution in [3.63, 3.8) is 0 Å². The first-order chi connectivity index (χ1) is 24.3. The van der Waals surface area contributed by atoms with E-state index < -0.39 is 51.4 Å². The molecule has 0 bridgehead atoms. The number of urea groups is 1. The lowest BCUT2D eigenvalue weighted by atomic mass is 9.99. The largest absolute Gasteiger partial charge is 0.493 e. The first-order valence-electron chi connectivity index (χ1n) is 15.4. The number of hydrogen-bond donors (Lipinski definition) is 4. The summed E-state index contributed by atoms with van der Waals surface area (Å²) in [5, 5.41) is 7.75. The first-order valence-corrected chi connectivity index (χ1v) is 17.0. The number of anilines is 3. The normalized spacial score (nSPS) is 12.8. The number of nitrogens with zero attached hydrogens (tertiary/aromatic N) is 2. The van der Waals surface area contributed by atoms with Crippen LogP contribution in [0.4, 0.5) is 35.2 Å². The number of aromatic nitrogens is 1. The van der Waals surface area contributed by atoms with E-state index in [0.29, 0.717) is 10.8 Å². The summed E-state index contributed by atoms with van der Waals surface area (Å²) in [6.07, 6.45) is -4.16. The molecule has 3 aromatic carbocycles. The Hall–Kier alpha value is -5.78. The number of halogens is 3. The summed E-state index contributed by atoms with van der Waals surface area (Å²) in [6, 6.07) is 12.9. The van der Waals surface area contributed by atoms with Crippen LogP contribution in [0, 0.1) is 0 Å². The van der Waals surface area contributed by atoms with Crippen LogP contribution in [0.15, 0.2) is 71.8 Å². The molecule has 4 aromatic rings. The highest BCUT2D eigenvalue weighted by molar-refractivity contribution is 7.92. The minimum atomic E-state index is -5.56. The number of pyridine rings is 1. The van der Waals surface area contributed by atoms with Crippen molar-refractivity contribution in [3.8, 4) is 11.5 Å². The van der Waals surface area contributed by atoms with Gasteiger partial charge in [-0.05, 0) is 85.5 Å². The van der Waals surface area contributed by atoms with E-state index in [2.05, 4.69) is 20.9 Å². The lowest BCUT2D eigenvalue weighted by Crippen LogP contribution is -2.54. The number of esters is 1.